The third-order valence-corrected chi connectivity index (χ3v) is 1.73. The molecule has 2 nitrogen and oxygen atoms in total. The van der Waals surface area contributed by atoms with Gasteiger partial charge >= 0.3 is 0 Å². The van der Waals surface area contributed by atoms with Crippen LogP contribution < -0.4 is 0 Å². The van der Waals surface area contributed by atoms with Gasteiger partial charge in [0.05, 0.1) is 18.6 Å². The third kappa shape index (κ3) is 2.08. The average molecular weight is 161 g/mol. The molecule has 0 aliphatic carbocycles. The molecule has 1 unspecified atom stereocenters. The summed E-state index contributed by atoms with van der Waals surface area (Å²) >= 11 is 0. The van der Waals surface area contributed by atoms with Crippen molar-refractivity contribution in [3.05, 3.63) is 35.9 Å². The number of rotatable bonds is 3. The first-order valence-corrected chi connectivity index (χ1v) is 3.83. The maximum absolute atomic E-state index is 8.50. The molecular formula is C10H11NO. The Morgan fingerprint density at radius 3 is 2.58 bits per heavy atom. The fourth-order valence-corrected chi connectivity index (χ4v) is 1.09. The molecule has 0 aliphatic heterocycles. The van der Waals surface area contributed by atoms with Crippen LogP contribution in [0.15, 0.2) is 30.3 Å². The Kier molecular flexibility index (Phi) is 3.31. The number of methoxy groups -OCH3 is 1. The largest absolute Gasteiger partial charge is 0.376 e. The molecule has 1 aromatic carbocycles. The molecule has 0 aliphatic rings. The van der Waals surface area contributed by atoms with Crippen LogP contribution in [0.25, 0.3) is 0 Å². The van der Waals surface area contributed by atoms with E-state index in [9.17, 15) is 0 Å². The number of ether oxygens (including phenoxy) is 1. The van der Waals surface area contributed by atoms with Gasteiger partial charge in [0.25, 0.3) is 0 Å². The molecule has 0 amide bonds. The van der Waals surface area contributed by atoms with Crippen LogP contribution in [0.1, 0.15) is 18.1 Å². The number of benzene rings is 1. The summed E-state index contributed by atoms with van der Waals surface area (Å²) in [5, 5.41) is 8.50. The van der Waals surface area contributed by atoms with Crippen molar-refractivity contribution in [2.24, 2.45) is 0 Å². The Morgan fingerprint density at radius 2 is 2.08 bits per heavy atom. The molecule has 1 aromatic rings. The minimum atomic E-state index is -0.0869. The molecule has 0 aromatic heterocycles. The monoisotopic (exact) mass is 161 g/mol. The maximum atomic E-state index is 8.50. The predicted octanol–water partition coefficient (Wildman–Crippen LogP) is 2.29. The summed E-state index contributed by atoms with van der Waals surface area (Å²) < 4.78 is 5.15. The molecule has 0 heterocycles. The van der Waals surface area contributed by atoms with E-state index in [0.29, 0.717) is 6.42 Å². The van der Waals surface area contributed by atoms with Crippen molar-refractivity contribution in [1.82, 2.24) is 0 Å². The summed E-state index contributed by atoms with van der Waals surface area (Å²) in [5.74, 6) is 0. The van der Waals surface area contributed by atoms with Crippen molar-refractivity contribution < 1.29 is 4.74 Å². The van der Waals surface area contributed by atoms with Gasteiger partial charge in [0.1, 0.15) is 0 Å². The molecule has 0 fully saturated rings. The van der Waals surface area contributed by atoms with Crippen LogP contribution >= 0.6 is 0 Å². The van der Waals surface area contributed by atoms with Crippen LogP contribution in [-0.4, -0.2) is 7.11 Å². The highest BCUT2D eigenvalue weighted by molar-refractivity contribution is 5.18. The predicted molar refractivity (Wildman–Crippen MR) is 46.4 cm³/mol. The summed E-state index contributed by atoms with van der Waals surface area (Å²) in [6, 6.07) is 11.9. The van der Waals surface area contributed by atoms with E-state index in [1.807, 2.05) is 30.3 Å². The van der Waals surface area contributed by atoms with Crippen molar-refractivity contribution in [3.8, 4) is 6.07 Å². The number of nitrogens with zero attached hydrogens (tertiary/aromatic N) is 1. The van der Waals surface area contributed by atoms with Crippen molar-refractivity contribution in [1.29, 1.82) is 5.26 Å². The van der Waals surface area contributed by atoms with Crippen molar-refractivity contribution >= 4 is 0 Å². The number of hydrogen-bond acceptors (Lipinski definition) is 2. The van der Waals surface area contributed by atoms with Crippen LogP contribution in [0.3, 0.4) is 0 Å². The van der Waals surface area contributed by atoms with E-state index in [-0.39, 0.29) is 6.10 Å². The van der Waals surface area contributed by atoms with Gasteiger partial charge in [-0.25, -0.2) is 0 Å². The lowest BCUT2D eigenvalue weighted by molar-refractivity contribution is 0.107. The zero-order valence-electron chi connectivity index (χ0n) is 7.03. The first-order chi connectivity index (χ1) is 5.88. The van der Waals surface area contributed by atoms with E-state index < -0.39 is 0 Å². The number of hydrogen-bond donors (Lipinski definition) is 0. The van der Waals surface area contributed by atoms with Crippen LogP contribution in [0, 0.1) is 11.3 Å². The van der Waals surface area contributed by atoms with Crippen molar-refractivity contribution in [2.45, 2.75) is 12.5 Å². The lowest BCUT2D eigenvalue weighted by Crippen LogP contribution is -1.99. The number of nitriles is 1. The zero-order chi connectivity index (χ0) is 8.81. The van der Waals surface area contributed by atoms with E-state index in [1.165, 1.54) is 0 Å². The van der Waals surface area contributed by atoms with E-state index in [4.69, 9.17) is 10.00 Å². The molecule has 1 rings (SSSR count). The standard InChI is InChI=1S/C10H11NO/c1-12-10(7-8-11)9-5-3-2-4-6-9/h2-6,10H,7H2,1H3. The smallest absolute Gasteiger partial charge is 0.0950 e. The van der Waals surface area contributed by atoms with Crippen LogP contribution in [0.2, 0.25) is 0 Å². The van der Waals surface area contributed by atoms with E-state index in [1.54, 1.807) is 7.11 Å². The highest BCUT2D eigenvalue weighted by atomic mass is 16.5. The Balaban J connectivity index is 2.75. The minimum absolute atomic E-state index is 0.0869. The van der Waals surface area contributed by atoms with Gasteiger partial charge in [0, 0.05) is 7.11 Å². The van der Waals surface area contributed by atoms with E-state index >= 15 is 0 Å². The van der Waals surface area contributed by atoms with Crippen molar-refractivity contribution in [2.75, 3.05) is 7.11 Å². The summed E-state index contributed by atoms with van der Waals surface area (Å²) in [5.41, 5.74) is 1.06. The Labute approximate surface area is 72.4 Å². The highest BCUT2D eigenvalue weighted by Crippen LogP contribution is 2.18. The quantitative estimate of drug-likeness (QED) is 0.681. The normalized spacial score (nSPS) is 12.0. The molecule has 0 saturated carbocycles. The second-order valence-electron chi connectivity index (χ2n) is 2.50. The fourth-order valence-electron chi connectivity index (χ4n) is 1.09. The summed E-state index contributed by atoms with van der Waals surface area (Å²) in [4.78, 5) is 0. The summed E-state index contributed by atoms with van der Waals surface area (Å²) in [6.07, 6.45) is 0.316. The average Bonchev–Trinajstić information content (AvgIpc) is 2.15. The van der Waals surface area contributed by atoms with E-state index in [0.717, 1.165) is 5.56 Å². The van der Waals surface area contributed by atoms with E-state index in [2.05, 4.69) is 6.07 Å². The van der Waals surface area contributed by atoms with Crippen molar-refractivity contribution in [3.63, 3.8) is 0 Å². The zero-order valence-corrected chi connectivity index (χ0v) is 7.03. The molecule has 0 N–H and O–H groups in total. The molecule has 2 heteroatoms. The molecule has 0 saturated heterocycles. The van der Waals surface area contributed by atoms with Gasteiger partial charge in [0.15, 0.2) is 0 Å². The highest BCUT2D eigenvalue weighted by Gasteiger charge is 2.07. The first kappa shape index (κ1) is 8.76. The fraction of sp³-hybridized carbons (Fsp3) is 0.300. The lowest BCUT2D eigenvalue weighted by Gasteiger charge is -2.10. The third-order valence-electron chi connectivity index (χ3n) is 1.73. The van der Waals surface area contributed by atoms with Crippen LogP contribution in [0.4, 0.5) is 0 Å². The second-order valence-corrected chi connectivity index (χ2v) is 2.50. The lowest BCUT2D eigenvalue weighted by atomic mass is 10.1. The SMILES string of the molecule is COC(CC#N)c1ccccc1. The van der Waals surface area contributed by atoms with Crippen LogP contribution in [-0.2, 0) is 4.74 Å². The molecule has 0 bridgehead atoms. The first-order valence-electron chi connectivity index (χ1n) is 3.83. The molecule has 1 atom stereocenters. The Morgan fingerprint density at radius 1 is 1.42 bits per heavy atom. The van der Waals surface area contributed by atoms with Gasteiger partial charge in [-0.05, 0) is 5.56 Å². The van der Waals surface area contributed by atoms with Gasteiger partial charge in [-0.3, -0.25) is 0 Å². The van der Waals surface area contributed by atoms with Gasteiger partial charge in [-0.2, -0.15) is 5.26 Å². The van der Waals surface area contributed by atoms with Gasteiger partial charge < -0.3 is 4.74 Å². The molecule has 0 spiro atoms. The van der Waals surface area contributed by atoms with Crippen LogP contribution in [0.5, 0.6) is 0 Å². The Bertz CT molecular complexity index is 263. The molecule has 12 heavy (non-hydrogen) atoms. The summed E-state index contributed by atoms with van der Waals surface area (Å²) in [7, 11) is 1.62. The minimum Gasteiger partial charge on any atom is -0.376 e. The maximum Gasteiger partial charge on any atom is 0.0950 e. The summed E-state index contributed by atoms with van der Waals surface area (Å²) in [6.45, 7) is 0. The Hall–Kier alpha value is -1.33. The van der Waals surface area contributed by atoms with Gasteiger partial charge in [-0.1, -0.05) is 30.3 Å². The molecule has 62 valence electrons. The molecule has 0 radical (unpaired) electrons. The van der Waals surface area contributed by atoms with Gasteiger partial charge in [0.2, 0.25) is 0 Å². The molecular weight excluding hydrogens is 150 g/mol. The van der Waals surface area contributed by atoms with Gasteiger partial charge in [-0.15, -0.1) is 0 Å². The second kappa shape index (κ2) is 4.53. The topological polar surface area (TPSA) is 33.0 Å².